The number of ether oxygens (including phenoxy) is 2. The minimum absolute atomic E-state index is 0.140. The van der Waals surface area contributed by atoms with Gasteiger partial charge in [0.2, 0.25) is 0 Å². The minimum Gasteiger partial charge on any atom is -0.491 e. The largest absolute Gasteiger partial charge is 0.491 e. The molecule has 1 rings (SSSR count). The van der Waals surface area contributed by atoms with Crippen LogP contribution in [0.25, 0.3) is 0 Å². The molecule has 1 aromatic carbocycles. The van der Waals surface area contributed by atoms with Crippen LogP contribution in [-0.2, 0) is 9.53 Å². The summed E-state index contributed by atoms with van der Waals surface area (Å²) in [5.74, 6) is 0.472. The van der Waals surface area contributed by atoms with Crippen LogP contribution in [0.1, 0.15) is 20.3 Å². The van der Waals surface area contributed by atoms with Crippen LogP contribution in [0, 0.1) is 0 Å². The van der Waals surface area contributed by atoms with E-state index >= 15 is 0 Å². The maximum absolute atomic E-state index is 11.8. The Morgan fingerprint density at radius 2 is 2.21 bits per heavy atom. The van der Waals surface area contributed by atoms with E-state index in [2.05, 4.69) is 12.2 Å². The van der Waals surface area contributed by atoms with Gasteiger partial charge in [-0.25, -0.2) is 0 Å². The molecule has 0 saturated heterocycles. The van der Waals surface area contributed by atoms with Gasteiger partial charge in [0.25, 0.3) is 5.91 Å². The zero-order valence-corrected chi connectivity index (χ0v) is 11.7. The number of rotatable bonds is 7. The minimum atomic E-state index is -0.640. The number of amides is 1. The Morgan fingerprint density at radius 1 is 1.47 bits per heavy atom. The van der Waals surface area contributed by atoms with Crippen LogP contribution >= 0.6 is 0 Å². The second-order valence-corrected chi connectivity index (χ2v) is 4.31. The van der Waals surface area contributed by atoms with Crippen LogP contribution in [0.4, 0.5) is 5.69 Å². The maximum atomic E-state index is 11.8. The Balaban J connectivity index is 2.69. The molecule has 0 saturated carbocycles. The number of benzene rings is 1. The first-order valence-corrected chi connectivity index (χ1v) is 6.41. The van der Waals surface area contributed by atoms with Gasteiger partial charge >= 0.3 is 0 Å². The summed E-state index contributed by atoms with van der Waals surface area (Å²) in [6.07, 6.45) is 0.427. The van der Waals surface area contributed by atoms with Crippen LogP contribution in [0.3, 0.4) is 0 Å². The molecule has 1 amide bonds. The first-order valence-electron chi connectivity index (χ1n) is 6.41. The van der Waals surface area contributed by atoms with E-state index in [1.807, 2.05) is 19.1 Å². The highest BCUT2D eigenvalue weighted by Gasteiger charge is 2.15. The number of carbonyl (C=O) groups is 1. The zero-order chi connectivity index (χ0) is 14.3. The van der Waals surface area contributed by atoms with Crippen molar-refractivity contribution in [3.05, 3.63) is 24.3 Å². The van der Waals surface area contributed by atoms with Gasteiger partial charge < -0.3 is 20.5 Å². The fraction of sp³-hybridized carbons (Fsp3) is 0.500. The molecule has 2 unspecified atom stereocenters. The van der Waals surface area contributed by atoms with E-state index in [4.69, 9.17) is 15.2 Å². The molecule has 0 radical (unpaired) electrons. The number of methoxy groups -OCH3 is 1. The van der Waals surface area contributed by atoms with Gasteiger partial charge in [-0.2, -0.15) is 0 Å². The summed E-state index contributed by atoms with van der Waals surface area (Å²) in [5.41, 5.74) is 6.11. The highest BCUT2D eigenvalue weighted by molar-refractivity contribution is 5.94. The van der Waals surface area contributed by atoms with Gasteiger partial charge in [0.15, 0.2) is 0 Å². The topological polar surface area (TPSA) is 73.6 Å². The van der Waals surface area contributed by atoms with Crippen LogP contribution in [-0.4, -0.2) is 31.8 Å². The fourth-order valence-electron chi connectivity index (χ4n) is 1.50. The third kappa shape index (κ3) is 4.89. The molecule has 0 fully saturated rings. The fourth-order valence-corrected chi connectivity index (χ4v) is 1.50. The SMILES string of the molecule is CCC(C)Oc1cccc(NC(=O)C(CN)OC)c1. The zero-order valence-electron chi connectivity index (χ0n) is 11.7. The van der Waals surface area contributed by atoms with Gasteiger partial charge in [-0.1, -0.05) is 13.0 Å². The van der Waals surface area contributed by atoms with Crippen LogP contribution in [0.5, 0.6) is 5.75 Å². The molecule has 19 heavy (non-hydrogen) atoms. The van der Waals surface area contributed by atoms with Crippen molar-refractivity contribution in [2.45, 2.75) is 32.5 Å². The van der Waals surface area contributed by atoms with Crippen molar-refractivity contribution in [3.8, 4) is 5.75 Å². The van der Waals surface area contributed by atoms with E-state index in [0.717, 1.165) is 12.2 Å². The maximum Gasteiger partial charge on any atom is 0.254 e. The van der Waals surface area contributed by atoms with Gasteiger partial charge in [0.1, 0.15) is 11.9 Å². The Bertz CT molecular complexity index is 405. The van der Waals surface area contributed by atoms with Crippen molar-refractivity contribution in [1.29, 1.82) is 0 Å². The predicted octanol–water partition coefficient (Wildman–Crippen LogP) is 1.78. The second-order valence-electron chi connectivity index (χ2n) is 4.31. The number of hydrogen-bond donors (Lipinski definition) is 2. The summed E-state index contributed by atoms with van der Waals surface area (Å²) in [7, 11) is 1.46. The molecule has 0 bridgehead atoms. The average molecular weight is 266 g/mol. The lowest BCUT2D eigenvalue weighted by atomic mass is 10.2. The molecule has 0 aliphatic carbocycles. The molecule has 0 aromatic heterocycles. The molecule has 5 heteroatoms. The molecule has 2 atom stereocenters. The normalized spacial score (nSPS) is 13.7. The highest BCUT2D eigenvalue weighted by atomic mass is 16.5. The number of anilines is 1. The highest BCUT2D eigenvalue weighted by Crippen LogP contribution is 2.19. The summed E-state index contributed by atoms with van der Waals surface area (Å²) >= 11 is 0. The molecule has 0 spiro atoms. The van der Waals surface area contributed by atoms with E-state index in [-0.39, 0.29) is 18.6 Å². The average Bonchev–Trinajstić information content (AvgIpc) is 2.40. The van der Waals surface area contributed by atoms with E-state index < -0.39 is 6.10 Å². The monoisotopic (exact) mass is 266 g/mol. The molecule has 3 N–H and O–H groups in total. The summed E-state index contributed by atoms with van der Waals surface area (Å²) < 4.78 is 10.7. The number of nitrogens with two attached hydrogens (primary N) is 1. The quantitative estimate of drug-likeness (QED) is 0.789. The Hall–Kier alpha value is -1.59. The lowest BCUT2D eigenvalue weighted by Crippen LogP contribution is -2.35. The van der Waals surface area contributed by atoms with Crippen molar-refractivity contribution in [2.24, 2.45) is 5.73 Å². The Kier molecular flexibility index (Phi) is 6.32. The van der Waals surface area contributed by atoms with E-state index in [9.17, 15) is 4.79 Å². The summed E-state index contributed by atoms with van der Waals surface area (Å²) in [5, 5.41) is 2.75. The van der Waals surface area contributed by atoms with Gasteiger partial charge in [0, 0.05) is 25.4 Å². The summed E-state index contributed by atoms with van der Waals surface area (Å²) in [6, 6.07) is 7.27. The Morgan fingerprint density at radius 3 is 2.79 bits per heavy atom. The smallest absolute Gasteiger partial charge is 0.254 e. The number of hydrogen-bond acceptors (Lipinski definition) is 4. The third-order valence-electron chi connectivity index (χ3n) is 2.80. The molecule has 106 valence electrons. The molecule has 0 aliphatic rings. The first kappa shape index (κ1) is 15.5. The molecular weight excluding hydrogens is 244 g/mol. The third-order valence-corrected chi connectivity index (χ3v) is 2.80. The van der Waals surface area contributed by atoms with E-state index in [1.54, 1.807) is 12.1 Å². The lowest BCUT2D eigenvalue weighted by Gasteiger charge is -2.15. The van der Waals surface area contributed by atoms with Gasteiger partial charge in [-0.3, -0.25) is 4.79 Å². The van der Waals surface area contributed by atoms with Crippen molar-refractivity contribution >= 4 is 11.6 Å². The number of nitrogens with one attached hydrogen (secondary N) is 1. The first-order chi connectivity index (χ1) is 9.10. The summed E-state index contributed by atoms with van der Waals surface area (Å²) in [6.45, 7) is 4.20. The Labute approximate surface area is 114 Å². The summed E-state index contributed by atoms with van der Waals surface area (Å²) in [4.78, 5) is 11.8. The van der Waals surface area contributed by atoms with Gasteiger partial charge in [0.05, 0.1) is 6.10 Å². The molecule has 1 aromatic rings. The van der Waals surface area contributed by atoms with E-state index in [0.29, 0.717) is 5.69 Å². The molecule has 0 heterocycles. The van der Waals surface area contributed by atoms with Crippen molar-refractivity contribution in [3.63, 3.8) is 0 Å². The number of carbonyl (C=O) groups excluding carboxylic acids is 1. The van der Waals surface area contributed by atoms with Crippen molar-refractivity contribution in [2.75, 3.05) is 19.0 Å². The van der Waals surface area contributed by atoms with E-state index in [1.165, 1.54) is 7.11 Å². The molecule has 0 aliphatic heterocycles. The van der Waals surface area contributed by atoms with Crippen LogP contribution in [0.2, 0.25) is 0 Å². The van der Waals surface area contributed by atoms with Gasteiger partial charge in [-0.15, -0.1) is 0 Å². The van der Waals surface area contributed by atoms with Crippen LogP contribution in [0.15, 0.2) is 24.3 Å². The molecule has 5 nitrogen and oxygen atoms in total. The van der Waals surface area contributed by atoms with Crippen molar-refractivity contribution in [1.82, 2.24) is 0 Å². The predicted molar refractivity (Wildman–Crippen MR) is 75.3 cm³/mol. The second kappa shape index (κ2) is 7.76. The van der Waals surface area contributed by atoms with Gasteiger partial charge in [-0.05, 0) is 25.5 Å². The van der Waals surface area contributed by atoms with Crippen LogP contribution < -0.4 is 15.8 Å². The standard InChI is InChI=1S/C14H22N2O3/c1-4-10(2)19-12-7-5-6-11(8-12)16-14(17)13(9-15)18-3/h5-8,10,13H,4,9,15H2,1-3H3,(H,16,17). The lowest BCUT2D eigenvalue weighted by molar-refractivity contribution is -0.125. The van der Waals surface area contributed by atoms with Crippen molar-refractivity contribution < 1.29 is 14.3 Å². The molecular formula is C14H22N2O3.